The molecule has 0 unspecified atom stereocenters. The van der Waals surface area contributed by atoms with E-state index in [1.807, 2.05) is 0 Å². The number of hydrogen-bond acceptors (Lipinski definition) is 2. The second kappa shape index (κ2) is 5.88. The highest BCUT2D eigenvalue weighted by Crippen LogP contribution is 2.54. The molecule has 0 aromatic heterocycles. The number of rotatable bonds is 4. The lowest BCUT2D eigenvalue weighted by atomic mass is 9.70. The van der Waals surface area contributed by atoms with Gasteiger partial charge in [0.15, 0.2) is 0 Å². The first-order valence-electron chi connectivity index (χ1n) is 7.74. The second-order valence-corrected chi connectivity index (χ2v) is 8.05. The molecule has 0 saturated heterocycles. The Bertz CT molecular complexity index is 391. The minimum Gasteiger partial charge on any atom is -0.329 e. The summed E-state index contributed by atoms with van der Waals surface area (Å²) in [6, 6.07) is 11.0. The molecule has 3 rings (SSSR count). The Morgan fingerprint density at radius 3 is 2.37 bits per heavy atom. The van der Waals surface area contributed by atoms with Gasteiger partial charge in [-0.1, -0.05) is 49.6 Å². The zero-order valence-corrected chi connectivity index (χ0v) is 12.5. The summed E-state index contributed by atoms with van der Waals surface area (Å²) in [4.78, 5) is 0. The highest BCUT2D eigenvalue weighted by molar-refractivity contribution is 8.01. The standard InChI is InChI=1S/C17H25NS/c18-13-17(19-16-9-5-2-6-10-16)11-15(12-17)14-7-3-1-4-8-14/h1,3-4,7-8,15-16H,2,5-6,9-13,18H2. The van der Waals surface area contributed by atoms with Crippen LogP contribution in [-0.2, 0) is 0 Å². The molecule has 0 heterocycles. The zero-order valence-electron chi connectivity index (χ0n) is 11.7. The Morgan fingerprint density at radius 1 is 1.05 bits per heavy atom. The van der Waals surface area contributed by atoms with Crippen LogP contribution < -0.4 is 5.73 Å². The van der Waals surface area contributed by atoms with Crippen LogP contribution in [0.25, 0.3) is 0 Å². The summed E-state index contributed by atoms with van der Waals surface area (Å²) in [7, 11) is 0. The molecule has 2 fully saturated rings. The van der Waals surface area contributed by atoms with Crippen molar-refractivity contribution in [3.8, 4) is 0 Å². The summed E-state index contributed by atoms with van der Waals surface area (Å²) < 4.78 is 0.391. The molecule has 2 aliphatic rings. The van der Waals surface area contributed by atoms with Gasteiger partial charge < -0.3 is 5.73 Å². The van der Waals surface area contributed by atoms with Crippen molar-refractivity contribution in [2.24, 2.45) is 5.73 Å². The fraction of sp³-hybridized carbons (Fsp3) is 0.647. The third-order valence-corrected chi connectivity index (χ3v) is 6.65. The molecule has 0 atom stereocenters. The Labute approximate surface area is 121 Å². The van der Waals surface area contributed by atoms with Crippen LogP contribution in [-0.4, -0.2) is 16.5 Å². The van der Waals surface area contributed by atoms with E-state index < -0.39 is 0 Å². The molecule has 2 heteroatoms. The van der Waals surface area contributed by atoms with Gasteiger partial charge in [0.2, 0.25) is 0 Å². The van der Waals surface area contributed by atoms with Crippen LogP contribution in [0.4, 0.5) is 0 Å². The smallest absolute Gasteiger partial charge is 0.0296 e. The van der Waals surface area contributed by atoms with Gasteiger partial charge in [-0.15, -0.1) is 0 Å². The minimum absolute atomic E-state index is 0.391. The average Bonchev–Trinajstić information content (AvgIpc) is 2.44. The molecule has 0 aliphatic heterocycles. The lowest BCUT2D eigenvalue weighted by Crippen LogP contribution is -2.47. The van der Waals surface area contributed by atoms with Crippen LogP contribution in [0.3, 0.4) is 0 Å². The van der Waals surface area contributed by atoms with Crippen molar-refractivity contribution in [1.82, 2.24) is 0 Å². The van der Waals surface area contributed by atoms with Gasteiger partial charge in [-0.25, -0.2) is 0 Å². The Hall–Kier alpha value is -0.470. The molecule has 2 N–H and O–H groups in total. The summed E-state index contributed by atoms with van der Waals surface area (Å²) in [5, 5.41) is 0.883. The van der Waals surface area contributed by atoms with Crippen LogP contribution >= 0.6 is 11.8 Å². The maximum Gasteiger partial charge on any atom is 0.0296 e. The van der Waals surface area contributed by atoms with Gasteiger partial charge in [0.05, 0.1) is 0 Å². The molecule has 0 bridgehead atoms. The average molecular weight is 275 g/mol. The number of benzene rings is 1. The predicted octanol–water partition coefficient (Wildman–Crippen LogP) is 4.33. The minimum atomic E-state index is 0.391. The summed E-state index contributed by atoms with van der Waals surface area (Å²) in [5.41, 5.74) is 7.62. The number of thioether (sulfide) groups is 1. The van der Waals surface area contributed by atoms with Crippen LogP contribution in [0.5, 0.6) is 0 Å². The Kier molecular flexibility index (Phi) is 4.18. The van der Waals surface area contributed by atoms with Gasteiger partial charge >= 0.3 is 0 Å². The van der Waals surface area contributed by atoms with Gasteiger partial charge in [-0.3, -0.25) is 0 Å². The van der Waals surface area contributed by atoms with Crippen molar-refractivity contribution in [3.05, 3.63) is 35.9 Å². The van der Waals surface area contributed by atoms with Crippen molar-refractivity contribution in [2.45, 2.75) is 60.9 Å². The van der Waals surface area contributed by atoms with Gasteiger partial charge in [-0.2, -0.15) is 11.8 Å². The van der Waals surface area contributed by atoms with Gasteiger partial charge in [0.1, 0.15) is 0 Å². The monoisotopic (exact) mass is 275 g/mol. The van der Waals surface area contributed by atoms with Gasteiger partial charge in [0, 0.05) is 16.5 Å². The lowest BCUT2D eigenvalue weighted by molar-refractivity contribution is 0.310. The molecular formula is C17H25NS. The predicted molar refractivity (Wildman–Crippen MR) is 84.7 cm³/mol. The highest BCUT2D eigenvalue weighted by atomic mass is 32.2. The van der Waals surface area contributed by atoms with Crippen molar-refractivity contribution in [3.63, 3.8) is 0 Å². The summed E-state index contributed by atoms with van der Waals surface area (Å²) in [5.74, 6) is 0.751. The summed E-state index contributed by atoms with van der Waals surface area (Å²) in [6.07, 6.45) is 9.72. The van der Waals surface area contributed by atoms with Gasteiger partial charge in [0.25, 0.3) is 0 Å². The fourth-order valence-corrected chi connectivity index (χ4v) is 5.61. The van der Waals surface area contributed by atoms with E-state index in [9.17, 15) is 0 Å². The van der Waals surface area contributed by atoms with Crippen LogP contribution in [0.2, 0.25) is 0 Å². The molecule has 0 radical (unpaired) electrons. The van der Waals surface area contributed by atoms with Crippen molar-refractivity contribution in [1.29, 1.82) is 0 Å². The molecule has 2 aliphatic carbocycles. The largest absolute Gasteiger partial charge is 0.329 e. The summed E-state index contributed by atoms with van der Waals surface area (Å²) >= 11 is 2.23. The fourth-order valence-electron chi connectivity index (χ4n) is 3.65. The quantitative estimate of drug-likeness (QED) is 0.885. The second-order valence-electron chi connectivity index (χ2n) is 6.28. The Morgan fingerprint density at radius 2 is 1.74 bits per heavy atom. The first-order chi connectivity index (χ1) is 9.31. The lowest BCUT2D eigenvalue weighted by Gasteiger charge is -2.49. The first-order valence-corrected chi connectivity index (χ1v) is 8.62. The third kappa shape index (κ3) is 3.00. The molecule has 19 heavy (non-hydrogen) atoms. The van der Waals surface area contributed by atoms with Crippen LogP contribution in [0.1, 0.15) is 56.4 Å². The molecule has 2 saturated carbocycles. The first kappa shape index (κ1) is 13.5. The maximum atomic E-state index is 6.11. The van der Waals surface area contributed by atoms with E-state index >= 15 is 0 Å². The topological polar surface area (TPSA) is 26.0 Å². The van der Waals surface area contributed by atoms with E-state index in [2.05, 4.69) is 42.1 Å². The number of nitrogens with two attached hydrogens (primary N) is 1. The van der Waals surface area contributed by atoms with E-state index in [1.54, 1.807) is 0 Å². The molecule has 1 aromatic rings. The highest BCUT2D eigenvalue weighted by Gasteiger charge is 2.45. The van der Waals surface area contributed by atoms with Crippen LogP contribution in [0, 0.1) is 0 Å². The molecular weight excluding hydrogens is 250 g/mol. The SMILES string of the molecule is NCC1(SC2CCCCC2)CC(c2ccccc2)C1. The molecule has 0 spiro atoms. The number of hydrogen-bond donors (Lipinski definition) is 1. The molecule has 0 amide bonds. The zero-order chi connectivity index (χ0) is 13.1. The summed E-state index contributed by atoms with van der Waals surface area (Å²) in [6.45, 7) is 0.859. The van der Waals surface area contributed by atoms with Crippen LogP contribution in [0.15, 0.2) is 30.3 Å². The van der Waals surface area contributed by atoms with Crippen molar-refractivity contribution < 1.29 is 0 Å². The van der Waals surface area contributed by atoms with Crippen molar-refractivity contribution >= 4 is 11.8 Å². The van der Waals surface area contributed by atoms with Gasteiger partial charge in [-0.05, 0) is 37.2 Å². The van der Waals surface area contributed by atoms with E-state index in [0.717, 1.165) is 17.7 Å². The molecule has 1 aromatic carbocycles. The normalized spacial score (nSPS) is 31.9. The van der Waals surface area contributed by atoms with E-state index in [1.165, 1.54) is 50.5 Å². The maximum absolute atomic E-state index is 6.11. The van der Waals surface area contributed by atoms with E-state index in [-0.39, 0.29) is 0 Å². The molecule has 104 valence electrons. The third-order valence-electron chi connectivity index (χ3n) is 4.85. The van der Waals surface area contributed by atoms with Crippen molar-refractivity contribution in [2.75, 3.05) is 6.54 Å². The Balaban J connectivity index is 1.58. The molecule has 1 nitrogen and oxygen atoms in total. The van der Waals surface area contributed by atoms with E-state index in [4.69, 9.17) is 5.73 Å². The van der Waals surface area contributed by atoms with E-state index in [0.29, 0.717) is 4.75 Å².